The average molecular weight is 180 g/mol. The lowest BCUT2D eigenvalue weighted by Gasteiger charge is -2.06. The molecule has 0 unspecified atom stereocenters. The van der Waals surface area contributed by atoms with E-state index >= 15 is 0 Å². The van der Waals surface area contributed by atoms with Crippen molar-refractivity contribution < 1.29 is 9.90 Å². The molecule has 0 aromatic rings. The molecule has 0 aromatic heterocycles. The van der Waals surface area contributed by atoms with Gasteiger partial charge in [-0.2, -0.15) is 0 Å². The van der Waals surface area contributed by atoms with E-state index in [4.69, 9.17) is 5.11 Å². The molecule has 1 atom stereocenters. The third kappa shape index (κ3) is 3.58. The Bertz CT molecular complexity index is 140. The summed E-state index contributed by atoms with van der Waals surface area (Å²) in [5.41, 5.74) is 0. The second-order valence-corrected chi connectivity index (χ2v) is 3.01. The Morgan fingerprint density at radius 1 is 1.73 bits per heavy atom. The van der Waals surface area contributed by atoms with Crippen LogP contribution in [-0.4, -0.2) is 36.1 Å². The minimum absolute atomic E-state index is 0. The van der Waals surface area contributed by atoms with E-state index < -0.39 is 5.97 Å². The Hall–Kier alpha value is -0.280. The molecule has 0 aliphatic carbocycles. The van der Waals surface area contributed by atoms with Gasteiger partial charge in [0.05, 0.1) is 0 Å². The van der Waals surface area contributed by atoms with E-state index in [-0.39, 0.29) is 12.4 Å². The largest absolute Gasteiger partial charge is 0.481 e. The monoisotopic (exact) mass is 179 g/mol. The highest BCUT2D eigenvalue weighted by molar-refractivity contribution is 5.85. The van der Waals surface area contributed by atoms with Crippen molar-refractivity contribution in [3.8, 4) is 0 Å². The van der Waals surface area contributed by atoms with Crippen molar-refractivity contribution in [2.24, 2.45) is 5.92 Å². The van der Waals surface area contributed by atoms with Crippen molar-refractivity contribution in [2.75, 3.05) is 20.1 Å². The highest BCUT2D eigenvalue weighted by Gasteiger charge is 2.21. The molecular weight excluding hydrogens is 166 g/mol. The van der Waals surface area contributed by atoms with E-state index in [1.807, 2.05) is 7.05 Å². The summed E-state index contributed by atoms with van der Waals surface area (Å²) in [6.07, 6.45) is 1.38. The Morgan fingerprint density at radius 2 is 2.36 bits per heavy atom. The van der Waals surface area contributed by atoms with E-state index in [1.165, 1.54) is 0 Å². The summed E-state index contributed by atoms with van der Waals surface area (Å²) in [5.74, 6) is -0.275. The average Bonchev–Trinajstić information content (AvgIpc) is 2.13. The normalized spacial score (nSPS) is 24.6. The van der Waals surface area contributed by atoms with E-state index in [2.05, 4.69) is 4.90 Å². The minimum Gasteiger partial charge on any atom is -0.481 e. The van der Waals surface area contributed by atoms with Gasteiger partial charge in [0.1, 0.15) is 0 Å². The molecule has 1 heterocycles. The number of carbonyl (C=O) groups is 1. The Kier molecular flexibility index (Phi) is 4.45. The molecule has 3 nitrogen and oxygen atoms in total. The first-order valence-electron chi connectivity index (χ1n) is 3.59. The van der Waals surface area contributed by atoms with Crippen molar-refractivity contribution in [1.82, 2.24) is 4.90 Å². The first-order chi connectivity index (χ1) is 4.68. The Balaban J connectivity index is 0.000001000. The first kappa shape index (κ1) is 10.7. The SMILES string of the molecule is CN1CC[C@H](CC(=O)O)C1.Cl. The van der Waals surface area contributed by atoms with Crippen LogP contribution in [0.2, 0.25) is 0 Å². The highest BCUT2D eigenvalue weighted by atomic mass is 35.5. The maximum Gasteiger partial charge on any atom is 0.303 e. The molecule has 1 rings (SSSR count). The quantitative estimate of drug-likeness (QED) is 0.683. The second-order valence-electron chi connectivity index (χ2n) is 3.01. The third-order valence-electron chi connectivity index (χ3n) is 1.95. The smallest absolute Gasteiger partial charge is 0.303 e. The predicted molar refractivity (Wildman–Crippen MR) is 45.1 cm³/mol. The van der Waals surface area contributed by atoms with Crippen molar-refractivity contribution in [3.63, 3.8) is 0 Å². The highest BCUT2D eigenvalue weighted by Crippen LogP contribution is 2.17. The second kappa shape index (κ2) is 4.57. The molecule has 11 heavy (non-hydrogen) atoms. The van der Waals surface area contributed by atoms with Crippen LogP contribution in [-0.2, 0) is 4.79 Å². The zero-order valence-corrected chi connectivity index (χ0v) is 7.43. The van der Waals surface area contributed by atoms with Crippen molar-refractivity contribution in [3.05, 3.63) is 0 Å². The van der Waals surface area contributed by atoms with Crippen LogP contribution in [0.15, 0.2) is 0 Å². The lowest BCUT2D eigenvalue weighted by molar-refractivity contribution is -0.138. The zero-order valence-electron chi connectivity index (χ0n) is 6.62. The fourth-order valence-corrected chi connectivity index (χ4v) is 1.44. The molecule has 1 N–H and O–H groups in total. The van der Waals surface area contributed by atoms with Gasteiger partial charge in [0.2, 0.25) is 0 Å². The Morgan fingerprint density at radius 3 is 2.73 bits per heavy atom. The summed E-state index contributed by atoms with van der Waals surface area (Å²) in [6, 6.07) is 0. The maximum absolute atomic E-state index is 10.2. The van der Waals surface area contributed by atoms with E-state index in [1.54, 1.807) is 0 Å². The van der Waals surface area contributed by atoms with Gasteiger partial charge < -0.3 is 10.0 Å². The lowest BCUT2D eigenvalue weighted by atomic mass is 10.1. The zero-order chi connectivity index (χ0) is 7.56. The van der Waals surface area contributed by atoms with Gasteiger partial charge in [0.15, 0.2) is 0 Å². The summed E-state index contributed by atoms with van der Waals surface area (Å²) in [7, 11) is 2.03. The summed E-state index contributed by atoms with van der Waals surface area (Å²) >= 11 is 0. The molecule has 4 heteroatoms. The fraction of sp³-hybridized carbons (Fsp3) is 0.857. The molecule has 0 bridgehead atoms. The van der Waals surface area contributed by atoms with Gasteiger partial charge in [-0.05, 0) is 25.9 Å². The third-order valence-corrected chi connectivity index (χ3v) is 1.95. The minimum atomic E-state index is -0.666. The van der Waals surface area contributed by atoms with Crippen LogP contribution in [0.4, 0.5) is 0 Å². The van der Waals surface area contributed by atoms with Gasteiger partial charge >= 0.3 is 5.97 Å². The molecule has 0 aromatic carbocycles. The van der Waals surface area contributed by atoms with Crippen molar-refractivity contribution in [2.45, 2.75) is 12.8 Å². The molecule has 0 spiro atoms. The number of hydrogen-bond donors (Lipinski definition) is 1. The topological polar surface area (TPSA) is 40.5 Å². The maximum atomic E-state index is 10.2. The Labute approximate surface area is 72.8 Å². The first-order valence-corrected chi connectivity index (χ1v) is 3.59. The summed E-state index contributed by atoms with van der Waals surface area (Å²) in [5, 5.41) is 8.44. The predicted octanol–water partition coefficient (Wildman–Crippen LogP) is 0.835. The van der Waals surface area contributed by atoms with E-state index in [0.29, 0.717) is 12.3 Å². The van der Waals surface area contributed by atoms with Crippen LogP contribution in [0, 0.1) is 5.92 Å². The van der Waals surface area contributed by atoms with Gasteiger partial charge in [0.25, 0.3) is 0 Å². The van der Waals surface area contributed by atoms with Crippen LogP contribution < -0.4 is 0 Å². The van der Waals surface area contributed by atoms with Crippen molar-refractivity contribution in [1.29, 1.82) is 0 Å². The molecule has 0 saturated carbocycles. The van der Waals surface area contributed by atoms with Gasteiger partial charge in [-0.25, -0.2) is 0 Å². The summed E-state index contributed by atoms with van der Waals surface area (Å²) in [6.45, 7) is 2.00. The van der Waals surface area contributed by atoms with Gasteiger partial charge in [-0.3, -0.25) is 4.79 Å². The molecule has 0 radical (unpaired) electrons. The van der Waals surface area contributed by atoms with E-state index in [9.17, 15) is 4.79 Å². The number of carboxylic acid groups (broad SMARTS) is 1. The molecule has 66 valence electrons. The van der Waals surface area contributed by atoms with Crippen LogP contribution in [0.5, 0.6) is 0 Å². The van der Waals surface area contributed by atoms with Gasteiger partial charge in [-0.15, -0.1) is 12.4 Å². The number of hydrogen-bond acceptors (Lipinski definition) is 2. The van der Waals surface area contributed by atoms with Crippen LogP contribution in [0.25, 0.3) is 0 Å². The molecule has 1 aliphatic heterocycles. The molecule has 0 amide bonds. The standard InChI is InChI=1S/C7H13NO2.ClH/c1-8-3-2-6(5-8)4-7(9)10;/h6H,2-5H2,1H3,(H,9,10);1H/t6-;/m1./s1. The number of likely N-dealkylation sites (tertiary alicyclic amines) is 1. The molecule has 1 fully saturated rings. The van der Waals surface area contributed by atoms with Crippen LogP contribution >= 0.6 is 12.4 Å². The van der Waals surface area contributed by atoms with Gasteiger partial charge in [0, 0.05) is 13.0 Å². The van der Waals surface area contributed by atoms with Crippen LogP contribution in [0.1, 0.15) is 12.8 Å². The number of halogens is 1. The number of carboxylic acids is 1. The number of nitrogens with zero attached hydrogens (tertiary/aromatic N) is 1. The lowest BCUT2D eigenvalue weighted by Crippen LogP contribution is -2.15. The van der Waals surface area contributed by atoms with Crippen molar-refractivity contribution >= 4 is 18.4 Å². The molecule has 1 aliphatic rings. The van der Waals surface area contributed by atoms with Crippen LogP contribution in [0.3, 0.4) is 0 Å². The number of rotatable bonds is 2. The summed E-state index contributed by atoms with van der Waals surface area (Å²) < 4.78 is 0. The number of aliphatic carboxylic acids is 1. The molecule has 1 saturated heterocycles. The van der Waals surface area contributed by atoms with E-state index in [0.717, 1.165) is 19.5 Å². The fourth-order valence-electron chi connectivity index (χ4n) is 1.44. The molecular formula is C7H14ClNO2. The summed E-state index contributed by atoms with van der Waals surface area (Å²) in [4.78, 5) is 12.4. The van der Waals surface area contributed by atoms with Gasteiger partial charge in [-0.1, -0.05) is 0 Å².